The van der Waals surface area contributed by atoms with E-state index >= 15 is 0 Å². The van der Waals surface area contributed by atoms with Crippen molar-refractivity contribution in [1.29, 1.82) is 0 Å². The summed E-state index contributed by atoms with van der Waals surface area (Å²) in [7, 11) is 4.96. The van der Waals surface area contributed by atoms with Gasteiger partial charge in [-0.05, 0) is 40.9 Å². The highest BCUT2D eigenvalue weighted by Gasteiger charge is 2.36. The number of nitrogens with two attached hydrogens (primary N) is 1. The molecule has 114 valence electrons. The van der Waals surface area contributed by atoms with Crippen molar-refractivity contribution in [3.05, 3.63) is 22.2 Å². The highest BCUT2D eigenvalue weighted by Crippen LogP contribution is 2.43. The van der Waals surface area contributed by atoms with E-state index < -0.39 is 5.60 Å². The molecule has 0 heterocycles. The van der Waals surface area contributed by atoms with Crippen LogP contribution in [0.25, 0.3) is 0 Å². The van der Waals surface area contributed by atoms with Gasteiger partial charge in [-0.3, -0.25) is 0 Å². The van der Waals surface area contributed by atoms with Gasteiger partial charge in [-0.1, -0.05) is 13.8 Å². The molecule has 1 aromatic carbocycles. The summed E-state index contributed by atoms with van der Waals surface area (Å²) in [5.41, 5.74) is 6.98. The zero-order valence-corrected chi connectivity index (χ0v) is 14.4. The van der Waals surface area contributed by atoms with Crippen molar-refractivity contribution >= 4 is 15.9 Å². The van der Waals surface area contributed by atoms with E-state index in [9.17, 15) is 0 Å². The molecule has 2 N–H and O–H groups in total. The maximum absolute atomic E-state index is 6.48. The standard InChI is InChI=1S/C15H24BrNO3/c1-6-15(7-2,20-5)14(17)10-8-9-11(18-3)12(16)13(10)19-4/h8-9,14H,6-7,17H2,1-5H3. The number of hydrogen-bond donors (Lipinski definition) is 1. The van der Waals surface area contributed by atoms with E-state index in [2.05, 4.69) is 29.8 Å². The molecule has 1 unspecified atom stereocenters. The van der Waals surface area contributed by atoms with Crippen molar-refractivity contribution in [2.45, 2.75) is 38.3 Å². The smallest absolute Gasteiger partial charge is 0.141 e. The molecular weight excluding hydrogens is 322 g/mol. The van der Waals surface area contributed by atoms with Gasteiger partial charge in [0, 0.05) is 12.7 Å². The first-order valence-electron chi connectivity index (χ1n) is 6.72. The summed E-state index contributed by atoms with van der Waals surface area (Å²) in [6.45, 7) is 4.16. The minimum absolute atomic E-state index is 0.278. The number of ether oxygens (including phenoxy) is 3. The number of halogens is 1. The normalized spacial score (nSPS) is 13.2. The molecule has 0 saturated heterocycles. The number of rotatable bonds is 7. The lowest BCUT2D eigenvalue weighted by molar-refractivity contribution is -0.0390. The van der Waals surface area contributed by atoms with Crippen LogP contribution in [-0.4, -0.2) is 26.9 Å². The number of hydrogen-bond acceptors (Lipinski definition) is 4. The van der Waals surface area contributed by atoms with Crippen LogP contribution in [0.15, 0.2) is 16.6 Å². The minimum atomic E-state index is -0.401. The Balaban J connectivity index is 3.35. The summed E-state index contributed by atoms with van der Waals surface area (Å²) in [5, 5.41) is 0. The van der Waals surface area contributed by atoms with Crippen molar-refractivity contribution in [3.8, 4) is 11.5 Å². The van der Waals surface area contributed by atoms with Gasteiger partial charge in [0.05, 0.1) is 25.9 Å². The molecule has 0 aliphatic carbocycles. The van der Waals surface area contributed by atoms with Crippen LogP contribution < -0.4 is 15.2 Å². The second-order valence-corrected chi connectivity index (χ2v) is 5.45. The summed E-state index contributed by atoms with van der Waals surface area (Å²) >= 11 is 3.51. The summed E-state index contributed by atoms with van der Waals surface area (Å²) < 4.78 is 17.3. The molecule has 0 aliphatic heterocycles. The lowest BCUT2D eigenvalue weighted by Crippen LogP contribution is -2.42. The zero-order valence-electron chi connectivity index (χ0n) is 12.8. The van der Waals surface area contributed by atoms with E-state index in [4.69, 9.17) is 19.9 Å². The van der Waals surface area contributed by atoms with Crippen molar-refractivity contribution in [1.82, 2.24) is 0 Å². The molecule has 0 aliphatic rings. The highest BCUT2D eigenvalue weighted by atomic mass is 79.9. The first kappa shape index (κ1) is 17.3. The quantitative estimate of drug-likeness (QED) is 0.818. The van der Waals surface area contributed by atoms with Gasteiger partial charge in [0.1, 0.15) is 16.0 Å². The van der Waals surface area contributed by atoms with Crippen LogP contribution in [0.1, 0.15) is 38.3 Å². The lowest BCUT2D eigenvalue weighted by Gasteiger charge is -2.37. The average molecular weight is 346 g/mol. The summed E-state index contributed by atoms with van der Waals surface area (Å²) in [6.07, 6.45) is 1.65. The summed E-state index contributed by atoms with van der Waals surface area (Å²) in [5.74, 6) is 1.41. The second kappa shape index (κ2) is 7.29. The predicted molar refractivity (Wildman–Crippen MR) is 84.5 cm³/mol. The second-order valence-electron chi connectivity index (χ2n) is 4.66. The van der Waals surface area contributed by atoms with E-state index in [1.54, 1.807) is 21.3 Å². The van der Waals surface area contributed by atoms with Crippen LogP contribution in [0.4, 0.5) is 0 Å². The van der Waals surface area contributed by atoms with Crippen molar-refractivity contribution < 1.29 is 14.2 Å². The Bertz CT molecular complexity index is 439. The van der Waals surface area contributed by atoms with Gasteiger partial charge in [-0.15, -0.1) is 0 Å². The monoisotopic (exact) mass is 345 g/mol. The Labute approximate surface area is 129 Å². The molecule has 0 amide bonds. The SMILES string of the molecule is CCC(CC)(OC)C(N)c1ccc(OC)c(Br)c1OC. The van der Waals surface area contributed by atoms with E-state index in [1.807, 2.05) is 12.1 Å². The van der Waals surface area contributed by atoms with Crippen LogP contribution in [0, 0.1) is 0 Å². The van der Waals surface area contributed by atoms with Crippen LogP contribution in [0.5, 0.6) is 11.5 Å². The topological polar surface area (TPSA) is 53.7 Å². The Kier molecular flexibility index (Phi) is 6.30. The molecule has 1 aromatic rings. The van der Waals surface area contributed by atoms with E-state index in [1.165, 1.54) is 0 Å². The Hall–Kier alpha value is -0.780. The Morgan fingerprint density at radius 3 is 2.15 bits per heavy atom. The fourth-order valence-corrected chi connectivity index (χ4v) is 3.24. The van der Waals surface area contributed by atoms with Crippen molar-refractivity contribution in [2.24, 2.45) is 5.73 Å². The van der Waals surface area contributed by atoms with Crippen LogP contribution in [-0.2, 0) is 4.74 Å². The van der Waals surface area contributed by atoms with E-state index in [0.29, 0.717) is 11.5 Å². The fraction of sp³-hybridized carbons (Fsp3) is 0.600. The Morgan fingerprint density at radius 2 is 1.75 bits per heavy atom. The summed E-state index contributed by atoms with van der Waals surface area (Å²) in [4.78, 5) is 0. The van der Waals surface area contributed by atoms with Crippen LogP contribution >= 0.6 is 15.9 Å². The first-order chi connectivity index (χ1) is 9.51. The highest BCUT2D eigenvalue weighted by molar-refractivity contribution is 9.10. The summed E-state index contributed by atoms with van der Waals surface area (Å²) in [6, 6.07) is 3.54. The molecule has 0 spiro atoms. The van der Waals surface area contributed by atoms with Gasteiger partial charge in [0.15, 0.2) is 0 Å². The molecule has 4 nitrogen and oxygen atoms in total. The van der Waals surface area contributed by atoms with Gasteiger partial charge < -0.3 is 19.9 Å². The molecule has 0 fully saturated rings. The fourth-order valence-electron chi connectivity index (χ4n) is 2.55. The molecule has 1 rings (SSSR count). The van der Waals surface area contributed by atoms with Gasteiger partial charge in [0.2, 0.25) is 0 Å². The minimum Gasteiger partial charge on any atom is -0.495 e. The van der Waals surface area contributed by atoms with Crippen molar-refractivity contribution in [2.75, 3.05) is 21.3 Å². The maximum atomic E-state index is 6.48. The third-order valence-corrected chi connectivity index (χ3v) is 4.77. The first-order valence-corrected chi connectivity index (χ1v) is 7.51. The molecular formula is C15H24BrNO3. The van der Waals surface area contributed by atoms with Gasteiger partial charge >= 0.3 is 0 Å². The predicted octanol–water partition coefficient (Wildman–Crippen LogP) is 3.67. The number of benzene rings is 1. The molecule has 0 bridgehead atoms. The lowest BCUT2D eigenvalue weighted by atomic mass is 9.84. The van der Waals surface area contributed by atoms with Gasteiger partial charge in [0.25, 0.3) is 0 Å². The molecule has 1 atom stereocenters. The Morgan fingerprint density at radius 1 is 1.15 bits per heavy atom. The maximum Gasteiger partial charge on any atom is 0.141 e. The molecule has 5 heteroatoms. The third kappa shape index (κ3) is 2.95. The van der Waals surface area contributed by atoms with E-state index in [0.717, 1.165) is 22.9 Å². The number of methoxy groups -OCH3 is 3. The molecule has 0 radical (unpaired) electrons. The van der Waals surface area contributed by atoms with Crippen LogP contribution in [0.2, 0.25) is 0 Å². The molecule has 20 heavy (non-hydrogen) atoms. The van der Waals surface area contributed by atoms with Gasteiger partial charge in [-0.2, -0.15) is 0 Å². The average Bonchev–Trinajstić information content (AvgIpc) is 2.49. The van der Waals surface area contributed by atoms with Crippen molar-refractivity contribution in [3.63, 3.8) is 0 Å². The zero-order chi connectivity index (χ0) is 15.3. The molecule has 0 saturated carbocycles. The third-order valence-electron chi connectivity index (χ3n) is 4.02. The van der Waals surface area contributed by atoms with Crippen LogP contribution in [0.3, 0.4) is 0 Å². The van der Waals surface area contributed by atoms with E-state index in [-0.39, 0.29) is 6.04 Å². The molecule has 0 aromatic heterocycles. The largest absolute Gasteiger partial charge is 0.495 e. The van der Waals surface area contributed by atoms with Gasteiger partial charge in [-0.25, -0.2) is 0 Å².